The fourth-order valence-electron chi connectivity index (χ4n) is 3.47. The molecule has 2 N–H and O–H groups in total. The number of carbonyl (C=O) groups excluding carboxylic acids is 2. The molecule has 0 saturated carbocycles. The molecule has 3 aromatic carbocycles. The summed E-state index contributed by atoms with van der Waals surface area (Å²) in [5, 5.41) is 9.21. The van der Waals surface area contributed by atoms with E-state index in [9.17, 15) is 9.59 Å². The average Bonchev–Trinajstić information content (AvgIpc) is 3.35. The van der Waals surface area contributed by atoms with Gasteiger partial charge in [0.25, 0.3) is 5.91 Å². The predicted octanol–water partition coefficient (Wildman–Crippen LogP) is 3.01. The lowest BCUT2D eigenvalue weighted by molar-refractivity contribution is -0.134. The highest BCUT2D eigenvalue weighted by atomic mass is 32.2. The van der Waals surface area contributed by atoms with E-state index in [1.165, 1.54) is 11.8 Å². The molecule has 0 aliphatic carbocycles. The number of hydrogen-bond donors (Lipinski definition) is 2. The molecule has 0 fully saturated rings. The molecule has 0 unspecified atom stereocenters. The summed E-state index contributed by atoms with van der Waals surface area (Å²) in [7, 11) is 0. The molecule has 1 atom stereocenters. The van der Waals surface area contributed by atoms with Crippen molar-refractivity contribution in [2.45, 2.75) is 11.3 Å². The maximum absolute atomic E-state index is 12.5. The SMILES string of the molecule is O=C(CSc1nnc(-c2ccccc2)n1-c1ccccc1)NNC(=O)[C@@H]1COc2ccccc2O1. The third-order valence-electron chi connectivity index (χ3n) is 5.14. The Balaban J connectivity index is 1.22. The number of hydrazine groups is 1. The number of nitrogens with zero attached hydrogens (tertiary/aromatic N) is 3. The van der Waals surface area contributed by atoms with Gasteiger partial charge in [-0.25, -0.2) is 0 Å². The smallest absolute Gasteiger partial charge is 0.283 e. The number of benzene rings is 3. The Bertz CT molecular complexity index is 1330. The van der Waals surface area contributed by atoms with Gasteiger partial charge >= 0.3 is 0 Å². The first-order chi connectivity index (χ1) is 17.2. The summed E-state index contributed by atoms with van der Waals surface area (Å²) in [5.41, 5.74) is 6.60. The lowest BCUT2D eigenvalue weighted by Crippen LogP contribution is -2.51. The van der Waals surface area contributed by atoms with Crippen molar-refractivity contribution in [3.63, 3.8) is 0 Å². The van der Waals surface area contributed by atoms with Crippen LogP contribution in [0.2, 0.25) is 0 Å². The Morgan fingerprint density at radius 3 is 2.34 bits per heavy atom. The van der Waals surface area contributed by atoms with Crippen LogP contribution in [0.5, 0.6) is 11.5 Å². The highest BCUT2D eigenvalue weighted by Gasteiger charge is 2.27. The first kappa shape index (κ1) is 22.5. The zero-order valence-electron chi connectivity index (χ0n) is 18.5. The topological polar surface area (TPSA) is 107 Å². The van der Waals surface area contributed by atoms with Crippen LogP contribution in [0.3, 0.4) is 0 Å². The molecule has 176 valence electrons. The monoisotopic (exact) mass is 487 g/mol. The van der Waals surface area contributed by atoms with Crippen molar-refractivity contribution >= 4 is 23.6 Å². The molecule has 2 heterocycles. The summed E-state index contributed by atoms with van der Waals surface area (Å²) in [6, 6.07) is 26.5. The normalized spacial score (nSPS) is 14.2. The predicted molar refractivity (Wildman–Crippen MR) is 130 cm³/mol. The molecule has 0 saturated heterocycles. The maximum Gasteiger partial charge on any atom is 0.283 e. The van der Waals surface area contributed by atoms with Crippen molar-refractivity contribution in [3.05, 3.63) is 84.9 Å². The van der Waals surface area contributed by atoms with Crippen LogP contribution in [0.25, 0.3) is 17.1 Å². The molecular weight excluding hydrogens is 466 g/mol. The highest BCUT2D eigenvalue weighted by Crippen LogP contribution is 2.31. The number of aromatic nitrogens is 3. The number of para-hydroxylation sites is 3. The number of carbonyl (C=O) groups is 2. The lowest BCUT2D eigenvalue weighted by Gasteiger charge is -2.25. The van der Waals surface area contributed by atoms with E-state index in [0.717, 1.165) is 11.3 Å². The fourth-order valence-corrected chi connectivity index (χ4v) is 4.23. The summed E-state index contributed by atoms with van der Waals surface area (Å²) in [4.78, 5) is 24.9. The van der Waals surface area contributed by atoms with E-state index in [-0.39, 0.29) is 12.4 Å². The van der Waals surface area contributed by atoms with E-state index < -0.39 is 17.9 Å². The summed E-state index contributed by atoms with van der Waals surface area (Å²) < 4.78 is 13.1. The lowest BCUT2D eigenvalue weighted by atomic mass is 10.2. The van der Waals surface area contributed by atoms with Gasteiger partial charge in [0.05, 0.1) is 5.75 Å². The molecule has 5 rings (SSSR count). The third kappa shape index (κ3) is 5.12. The molecule has 1 aliphatic rings. The Kier molecular flexibility index (Phi) is 6.62. The minimum atomic E-state index is -0.868. The zero-order chi connectivity index (χ0) is 24.0. The van der Waals surface area contributed by atoms with Crippen molar-refractivity contribution in [1.29, 1.82) is 0 Å². The summed E-state index contributed by atoms with van der Waals surface area (Å²) in [5.74, 6) is 0.846. The molecular formula is C25H21N5O4S. The van der Waals surface area contributed by atoms with Crippen molar-refractivity contribution in [2.75, 3.05) is 12.4 Å². The maximum atomic E-state index is 12.5. The van der Waals surface area contributed by atoms with E-state index in [0.29, 0.717) is 22.5 Å². The van der Waals surface area contributed by atoms with E-state index >= 15 is 0 Å². The van der Waals surface area contributed by atoms with Gasteiger partial charge in [-0.3, -0.25) is 25.0 Å². The number of rotatable bonds is 6. The molecule has 1 aromatic heterocycles. The first-order valence-electron chi connectivity index (χ1n) is 10.9. The van der Waals surface area contributed by atoms with E-state index in [4.69, 9.17) is 9.47 Å². The second kappa shape index (κ2) is 10.3. The minimum absolute atomic E-state index is 0.0187. The van der Waals surface area contributed by atoms with Crippen LogP contribution >= 0.6 is 11.8 Å². The molecule has 0 spiro atoms. The Hall–Kier alpha value is -4.31. The van der Waals surface area contributed by atoms with Crippen LogP contribution in [0.4, 0.5) is 0 Å². The third-order valence-corrected chi connectivity index (χ3v) is 6.07. The highest BCUT2D eigenvalue weighted by molar-refractivity contribution is 7.99. The van der Waals surface area contributed by atoms with Crippen LogP contribution in [0, 0.1) is 0 Å². The van der Waals surface area contributed by atoms with Gasteiger partial charge in [-0.2, -0.15) is 0 Å². The molecule has 4 aromatic rings. The van der Waals surface area contributed by atoms with Crippen LogP contribution in [-0.4, -0.2) is 45.0 Å². The molecule has 2 amide bonds. The number of nitrogens with one attached hydrogen (secondary N) is 2. The molecule has 1 aliphatic heterocycles. The van der Waals surface area contributed by atoms with Crippen molar-refractivity contribution < 1.29 is 19.1 Å². The second-order valence-corrected chi connectivity index (χ2v) is 8.48. The fraction of sp³-hybridized carbons (Fsp3) is 0.120. The number of fused-ring (bicyclic) bond motifs is 1. The van der Waals surface area contributed by atoms with E-state index in [2.05, 4.69) is 21.0 Å². The van der Waals surface area contributed by atoms with Crippen LogP contribution < -0.4 is 20.3 Å². The van der Waals surface area contributed by atoms with Gasteiger partial charge in [0.2, 0.25) is 12.0 Å². The average molecular weight is 488 g/mol. The molecule has 0 bridgehead atoms. The second-order valence-electron chi connectivity index (χ2n) is 7.53. The van der Waals surface area contributed by atoms with Gasteiger partial charge in [-0.05, 0) is 24.3 Å². The van der Waals surface area contributed by atoms with Crippen molar-refractivity contribution in [2.24, 2.45) is 0 Å². The Labute approximate surface area is 205 Å². The number of amides is 2. The van der Waals surface area contributed by atoms with Crippen LogP contribution in [0.15, 0.2) is 90.1 Å². The number of hydrogen-bond acceptors (Lipinski definition) is 7. The standard InChI is InChI=1S/C25H21N5O4S/c31-22(26-28-24(32)21-15-33-19-13-7-8-14-20(19)34-21)16-35-25-29-27-23(17-9-3-1-4-10-17)30(25)18-11-5-2-6-12-18/h1-14,21H,15-16H2,(H,26,31)(H,28,32)/t21-/m0/s1. The quantitative estimate of drug-likeness (QED) is 0.318. The van der Waals surface area contributed by atoms with Gasteiger partial charge in [-0.1, -0.05) is 72.4 Å². The molecule has 0 radical (unpaired) electrons. The van der Waals surface area contributed by atoms with Gasteiger partial charge in [0, 0.05) is 11.3 Å². The Morgan fingerprint density at radius 1 is 0.886 bits per heavy atom. The van der Waals surface area contributed by atoms with E-state index in [1.807, 2.05) is 71.3 Å². The van der Waals surface area contributed by atoms with Gasteiger partial charge in [0.15, 0.2) is 22.5 Å². The number of ether oxygens (including phenoxy) is 2. The molecule has 9 nitrogen and oxygen atoms in total. The van der Waals surface area contributed by atoms with E-state index in [1.54, 1.807) is 18.2 Å². The molecule has 35 heavy (non-hydrogen) atoms. The zero-order valence-corrected chi connectivity index (χ0v) is 19.3. The largest absolute Gasteiger partial charge is 0.485 e. The number of thioether (sulfide) groups is 1. The van der Waals surface area contributed by atoms with Crippen molar-refractivity contribution in [3.8, 4) is 28.6 Å². The molecule has 10 heteroatoms. The first-order valence-corrected chi connectivity index (χ1v) is 11.8. The van der Waals surface area contributed by atoms with Gasteiger partial charge in [0.1, 0.15) is 6.61 Å². The van der Waals surface area contributed by atoms with Gasteiger partial charge in [-0.15, -0.1) is 10.2 Å². The van der Waals surface area contributed by atoms with Crippen LogP contribution in [0.1, 0.15) is 0 Å². The summed E-state index contributed by atoms with van der Waals surface area (Å²) in [6.07, 6.45) is -0.868. The summed E-state index contributed by atoms with van der Waals surface area (Å²) in [6.45, 7) is 0.0515. The van der Waals surface area contributed by atoms with Gasteiger partial charge < -0.3 is 9.47 Å². The Morgan fingerprint density at radius 2 is 1.57 bits per heavy atom. The minimum Gasteiger partial charge on any atom is -0.485 e. The summed E-state index contributed by atoms with van der Waals surface area (Å²) >= 11 is 1.21. The van der Waals surface area contributed by atoms with Crippen LogP contribution in [-0.2, 0) is 9.59 Å². The van der Waals surface area contributed by atoms with Crippen molar-refractivity contribution in [1.82, 2.24) is 25.6 Å².